The highest BCUT2D eigenvalue weighted by molar-refractivity contribution is 5.94. The summed E-state index contributed by atoms with van der Waals surface area (Å²) in [6.45, 7) is 4.06. The zero-order valence-corrected chi connectivity index (χ0v) is 17.6. The molecule has 1 amide bonds. The lowest BCUT2D eigenvalue weighted by Gasteiger charge is -2.26. The maximum absolute atomic E-state index is 11.6. The molecule has 2 aromatic carbocycles. The Morgan fingerprint density at radius 1 is 1.16 bits per heavy atom. The zero-order valence-electron chi connectivity index (χ0n) is 17.6. The lowest BCUT2D eigenvalue weighted by molar-refractivity contribution is -0.116. The summed E-state index contributed by atoms with van der Waals surface area (Å²) >= 11 is 0. The first-order valence-electron chi connectivity index (χ1n) is 10.7. The Morgan fingerprint density at radius 2 is 2.10 bits per heavy atom. The number of rotatable bonds is 6. The van der Waals surface area contributed by atoms with Gasteiger partial charge < -0.3 is 19.4 Å². The molecule has 0 saturated heterocycles. The molecule has 0 unspecified atom stereocenters. The van der Waals surface area contributed by atoms with E-state index >= 15 is 0 Å². The highest BCUT2D eigenvalue weighted by Gasteiger charge is 2.20. The van der Waals surface area contributed by atoms with Crippen LogP contribution in [0.15, 0.2) is 48.6 Å². The molecule has 160 valence electrons. The van der Waals surface area contributed by atoms with Crippen LogP contribution in [0.1, 0.15) is 17.8 Å². The molecule has 3 aromatic rings. The molecule has 2 aliphatic heterocycles. The lowest BCUT2D eigenvalue weighted by Crippen LogP contribution is -2.33. The second-order valence-electron chi connectivity index (χ2n) is 7.89. The van der Waals surface area contributed by atoms with Gasteiger partial charge in [-0.25, -0.2) is 4.98 Å². The molecule has 2 aliphatic rings. The van der Waals surface area contributed by atoms with Crippen molar-refractivity contribution >= 4 is 22.6 Å². The quantitative estimate of drug-likeness (QED) is 0.622. The van der Waals surface area contributed by atoms with Crippen LogP contribution in [0.3, 0.4) is 0 Å². The molecule has 0 fully saturated rings. The Bertz CT molecular complexity index is 1150. The van der Waals surface area contributed by atoms with E-state index in [0.29, 0.717) is 13.0 Å². The van der Waals surface area contributed by atoms with Crippen LogP contribution in [0.4, 0.5) is 5.69 Å². The summed E-state index contributed by atoms with van der Waals surface area (Å²) in [7, 11) is 1.69. The van der Waals surface area contributed by atoms with Crippen LogP contribution in [0, 0.1) is 0 Å². The third-order valence-electron chi connectivity index (χ3n) is 5.90. The molecule has 3 heterocycles. The van der Waals surface area contributed by atoms with E-state index in [2.05, 4.69) is 26.9 Å². The maximum atomic E-state index is 11.6. The van der Waals surface area contributed by atoms with Crippen molar-refractivity contribution in [1.82, 2.24) is 14.5 Å². The van der Waals surface area contributed by atoms with Gasteiger partial charge >= 0.3 is 0 Å². The van der Waals surface area contributed by atoms with Crippen molar-refractivity contribution in [2.24, 2.45) is 0 Å². The number of nitrogens with zero attached hydrogens (tertiary/aromatic N) is 3. The van der Waals surface area contributed by atoms with Crippen LogP contribution in [-0.2, 0) is 24.3 Å². The zero-order chi connectivity index (χ0) is 21.2. The van der Waals surface area contributed by atoms with Crippen molar-refractivity contribution in [3.05, 3.63) is 59.9 Å². The highest BCUT2D eigenvalue weighted by Crippen LogP contribution is 2.28. The predicted molar refractivity (Wildman–Crippen MR) is 120 cm³/mol. The number of hydrogen-bond donors (Lipinski definition) is 1. The lowest BCUT2D eigenvalue weighted by atomic mass is 10.0. The number of aromatic nitrogens is 2. The molecule has 0 bridgehead atoms. The van der Waals surface area contributed by atoms with Gasteiger partial charge in [-0.05, 0) is 30.2 Å². The van der Waals surface area contributed by atoms with E-state index in [1.165, 1.54) is 0 Å². The van der Waals surface area contributed by atoms with Gasteiger partial charge in [-0.3, -0.25) is 9.69 Å². The first-order chi connectivity index (χ1) is 15.2. The Labute approximate surface area is 181 Å². The number of benzene rings is 2. The van der Waals surface area contributed by atoms with Crippen LogP contribution in [-0.4, -0.2) is 47.2 Å². The number of fused-ring (bicyclic) bond motifs is 4. The van der Waals surface area contributed by atoms with Gasteiger partial charge in [0.15, 0.2) is 0 Å². The molecule has 0 atom stereocenters. The number of nitrogens with one attached hydrogen (secondary N) is 1. The Balaban J connectivity index is 1.16. The van der Waals surface area contributed by atoms with Gasteiger partial charge in [0.2, 0.25) is 5.91 Å². The summed E-state index contributed by atoms with van der Waals surface area (Å²) in [4.78, 5) is 18.8. The van der Waals surface area contributed by atoms with Crippen molar-refractivity contribution < 1.29 is 14.3 Å². The SMILES string of the molecule is COc1cccc2c1nc1n2CCN(CC=CCOc2ccc3c(c2)NC(=O)CC3)C1. The Morgan fingerprint density at radius 3 is 3.00 bits per heavy atom. The van der Waals surface area contributed by atoms with Crippen molar-refractivity contribution in [2.45, 2.75) is 25.9 Å². The fraction of sp³-hybridized carbons (Fsp3) is 0.333. The largest absolute Gasteiger partial charge is 0.494 e. The molecular formula is C24H26N4O3. The molecule has 7 nitrogen and oxygen atoms in total. The number of carbonyl (C=O) groups is 1. The van der Waals surface area contributed by atoms with Crippen LogP contribution >= 0.6 is 0 Å². The van der Waals surface area contributed by atoms with E-state index in [9.17, 15) is 4.79 Å². The van der Waals surface area contributed by atoms with E-state index in [-0.39, 0.29) is 5.91 Å². The molecule has 5 rings (SSSR count). The summed E-state index contributed by atoms with van der Waals surface area (Å²) < 4.78 is 13.6. The number of para-hydroxylation sites is 1. The van der Waals surface area contributed by atoms with Crippen molar-refractivity contribution in [3.63, 3.8) is 0 Å². The van der Waals surface area contributed by atoms with E-state index in [1.807, 2.05) is 36.4 Å². The number of amides is 1. The highest BCUT2D eigenvalue weighted by atomic mass is 16.5. The smallest absolute Gasteiger partial charge is 0.224 e. The van der Waals surface area contributed by atoms with Gasteiger partial charge in [-0.2, -0.15) is 0 Å². The molecule has 0 radical (unpaired) electrons. The van der Waals surface area contributed by atoms with Gasteiger partial charge in [0, 0.05) is 37.8 Å². The number of imidazole rings is 1. The Kier molecular flexibility index (Phi) is 5.34. The van der Waals surface area contributed by atoms with E-state index in [1.54, 1.807) is 7.11 Å². The molecule has 0 saturated carbocycles. The fourth-order valence-corrected chi connectivity index (χ4v) is 4.26. The van der Waals surface area contributed by atoms with Gasteiger partial charge in [0.25, 0.3) is 0 Å². The first kappa shape index (κ1) is 19.6. The standard InChI is InChI=1S/C24H26N4O3/c1-30-21-6-4-5-20-24(21)26-22-16-27(12-13-28(20)22)11-2-3-14-31-18-9-7-17-8-10-23(29)25-19(17)15-18/h2-7,9,15H,8,10-14,16H2,1H3,(H,25,29). The average Bonchev–Trinajstić information content (AvgIpc) is 3.16. The first-order valence-corrected chi connectivity index (χ1v) is 10.7. The summed E-state index contributed by atoms with van der Waals surface area (Å²) in [5, 5.41) is 2.91. The van der Waals surface area contributed by atoms with Crippen LogP contribution in [0.2, 0.25) is 0 Å². The van der Waals surface area contributed by atoms with Crippen molar-refractivity contribution in [2.75, 3.05) is 32.1 Å². The van der Waals surface area contributed by atoms with Gasteiger partial charge in [-0.1, -0.05) is 24.3 Å². The normalized spacial score (nSPS) is 16.2. The molecule has 0 spiro atoms. The summed E-state index contributed by atoms with van der Waals surface area (Å²) in [5.41, 5.74) is 4.10. The average molecular weight is 418 g/mol. The molecule has 31 heavy (non-hydrogen) atoms. The van der Waals surface area contributed by atoms with Gasteiger partial charge in [-0.15, -0.1) is 0 Å². The Hall–Kier alpha value is -3.32. The summed E-state index contributed by atoms with van der Waals surface area (Å²) in [5.74, 6) is 2.74. The molecule has 0 aliphatic carbocycles. The number of anilines is 1. The number of ether oxygens (including phenoxy) is 2. The van der Waals surface area contributed by atoms with Crippen LogP contribution in [0.25, 0.3) is 11.0 Å². The summed E-state index contributed by atoms with van der Waals surface area (Å²) in [6, 6.07) is 12.0. The number of carbonyl (C=O) groups excluding carboxylic acids is 1. The minimum absolute atomic E-state index is 0.0676. The second-order valence-corrected chi connectivity index (χ2v) is 7.89. The van der Waals surface area contributed by atoms with Gasteiger partial charge in [0.1, 0.15) is 29.4 Å². The van der Waals surface area contributed by atoms with E-state index in [0.717, 1.165) is 72.2 Å². The molecule has 1 aromatic heterocycles. The number of methoxy groups -OCH3 is 1. The minimum Gasteiger partial charge on any atom is -0.494 e. The molecule has 1 N–H and O–H groups in total. The second kappa shape index (κ2) is 8.43. The summed E-state index contributed by atoms with van der Waals surface area (Å²) in [6.07, 6.45) is 5.52. The predicted octanol–water partition coefficient (Wildman–Crippen LogP) is 3.38. The molecule has 7 heteroatoms. The number of hydrogen-bond acceptors (Lipinski definition) is 5. The van der Waals surface area contributed by atoms with Gasteiger partial charge in [0.05, 0.1) is 19.2 Å². The molecular weight excluding hydrogens is 392 g/mol. The monoisotopic (exact) mass is 418 g/mol. The van der Waals surface area contributed by atoms with Crippen molar-refractivity contribution in [1.29, 1.82) is 0 Å². The maximum Gasteiger partial charge on any atom is 0.224 e. The topological polar surface area (TPSA) is 68.6 Å². The van der Waals surface area contributed by atoms with Crippen LogP contribution in [0.5, 0.6) is 11.5 Å². The third kappa shape index (κ3) is 4.01. The fourth-order valence-electron chi connectivity index (χ4n) is 4.26. The van der Waals surface area contributed by atoms with E-state index in [4.69, 9.17) is 14.5 Å². The number of aryl methyl sites for hydroxylation is 1. The minimum atomic E-state index is 0.0676. The third-order valence-corrected chi connectivity index (χ3v) is 5.90. The van der Waals surface area contributed by atoms with E-state index < -0.39 is 0 Å². The van der Waals surface area contributed by atoms with Crippen LogP contribution < -0.4 is 14.8 Å². The van der Waals surface area contributed by atoms with Crippen molar-refractivity contribution in [3.8, 4) is 11.5 Å².